The fourth-order valence-corrected chi connectivity index (χ4v) is 2.54. The number of hydrogen-bond donors (Lipinski definition) is 2. The van der Waals surface area contributed by atoms with Crippen LogP contribution in [0.1, 0.15) is 32.6 Å². The highest BCUT2D eigenvalue weighted by atomic mass is 15.2. The number of hydrogen-bond acceptors (Lipinski definition) is 4. The van der Waals surface area contributed by atoms with Crippen LogP contribution in [0.2, 0.25) is 0 Å². The number of anilines is 2. The summed E-state index contributed by atoms with van der Waals surface area (Å²) in [5, 5.41) is 3.30. The van der Waals surface area contributed by atoms with Crippen LogP contribution in [0.3, 0.4) is 0 Å². The zero-order valence-corrected chi connectivity index (χ0v) is 11.2. The van der Waals surface area contributed by atoms with E-state index in [1.54, 1.807) is 6.20 Å². The van der Waals surface area contributed by atoms with E-state index in [0.29, 0.717) is 0 Å². The Balaban J connectivity index is 1.68. The van der Waals surface area contributed by atoms with Crippen LogP contribution >= 0.6 is 0 Å². The first-order valence-electron chi connectivity index (χ1n) is 6.96. The average molecular weight is 248 g/mol. The van der Waals surface area contributed by atoms with Crippen LogP contribution in [-0.4, -0.2) is 35.6 Å². The average Bonchev–Trinajstić information content (AvgIpc) is 2.38. The van der Waals surface area contributed by atoms with Gasteiger partial charge in [0.05, 0.1) is 5.69 Å². The van der Waals surface area contributed by atoms with Crippen molar-refractivity contribution in [2.24, 2.45) is 0 Å². The Kier molecular flexibility index (Phi) is 4.81. The molecule has 1 atom stereocenters. The summed E-state index contributed by atoms with van der Waals surface area (Å²) in [5.74, 6) is 0.809. The Bertz CT molecular complexity index is 367. The predicted molar refractivity (Wildman–Crippen MR) is 76.6 cm³/mol. The van der Waals surface area contributed by atoms with Crippen molar-refractivity contribution in [1.82, 2.24) is 9.88 Å². The SMILES string of the molecule is CC1CCCCN1CCCNc1ncccc1N. The third kappa shape index (κ3) is 3.60. The van der Waals surface area contributed by atoms with Crippen LogP contribution in [0.5, 0.6) is 0 Å². The van der Waals surface area contributed by atoms with Crippen LogP contribution in [0.25, 0.3) is 0 Å². The maximum Gasteiger partial charge on any atom is 0.149 e. The van der Waals surface area contributed by atoms with Crippen LogP contribution in [0, 0.1) is 0 Å². The maximum absolute atomic E-state index is 5.83. The Morgan fingerprint density at radius 3 is 3.17 bits per heavy atom. The van der Waals surface area contributed by atoms with Crippen LogP contribution in [0.15, 0.2) is 18.3 Å². The molecular weight excluding hydrogens is 224 g/mol. The molecule has 1 aromatic rings. The van der Waals surface area contributed by atoms with E-state index in [0.717, 1.165) is 30.5 Å². The fraction of sp³-hybridized carbons (Fsp3) is 0.643. The molecule has 0 saturated carbocycles. The first-order chi connectivity index (χ1) is 8.77. The second-order valence-electron chi connectivity index (χ2n) is 5.10. The lowest BCUT2D eigenvalue weighted by Gasteiger charge is -2.33. The van der Waals surface area contributed by atoms with E-state index in [9.17, 15) is 0 Å². The number of nitrogen functional groups attached to an aromatic ring is 1. The van der Waals surface area contributed by atoms with E-state index in [1.807, 2.05) is 12.1 Å². The number of pyridine rings is 1. The van der Waals surface area contributed by atoms with E-state index in [2.05, 4.69) is 22.1 Å². The maximum atomic E-state index is 5.83. The molecule has 0 spiro atoms. The summed E-state index contributed by atoms with van der Waals surface area (Å²) < 4.78 is 0. The molecular formula is C14H24N4. The van der Waals surface area contributed by atoms with Gasteiger partial charge in [-0.05, 0) is 44.9 Å². The van der Waals surface area contributed by atoms with E-state index in [-0.39, 0.29) is 0 Å². The molecule has 0 aromatic carbocycles. The van der Waals surface area contributed by atoms with E-state index in [4.69, 9.17) is 5.73 Å². The third-order valence-corrected chi connectivity index (χ3v) is 3.69. The molecule has 2 heterocycles. The molecule has 100 valence electrons. The van der Waals surface area contributed by atoms with E-state index in [1.165, 1.54) is 32.4 Å². The van der Waals surface area contributed by atoms with Crippen LogP contribution < -0.4 is 11.1 Å². The van der Waals surface area contributed by atoms with Gasteiger partial charge in [-0.15, -0.1) is 0 Å². The standard InChI is InChI=1S/C14H24N4/c1-12-6-2-3-10-18(12)11-5-9-17-14-13(15)7-4-8-16-14/h4,7-8,12H,2-3,5-6,9-11,15H2,1H3,(H,16,17). The number of aromatic nitrogens is 1. The smallest absolute Gasteiger partial charge is 0.149 e. The molecule has 0 amide bonds. The van der Waals surface area contributed by atoms with E-state index < -0.39 is 0 Å². The lowest BCUT2D eigenvalue weighted by molar-refractivity contribution is 0.160. The summed E-state index contributed by atoms with van der Waals surface area (Å²) in [4.78, 5) is 6.82. The highest BCUT2D eigenvalue weighted by Gasteiger charge is 2.16. The molecule has 1 aliphatic heterocycles. The molecule has 1 saturated heterocycles. The van der Waals surface area contributed by atoms with Crippen molar-refractivity contribution >= 4 is 11.5 Å². The molecule has 1 unspecified atom stereocenters. The van der Waals surface area contributed by atoms with Gasteiger partial charge in [0.2, 0.25) is 0 Å². The molecule has 1 aliphatic rings. The Hall–Kier alpha value is -1.29. The molecule has 18 heavy (non-hydrogen) atoms. The fourth-order valence-electron chi connectivity index (χ4n) is 2.54. The Morgan fingerprint density at radius 2 is 2.39 bits per heavy atom. The van der Waals surface area contributed by atoms with Crippen LogP contribution in [0.4, 0.5) is 11.5 Å². The van der Waals surface area contributed by atoms with Crippen LogP contribution in [-0.2, 0) is 0 Å². The van der Waals surface area contributed by atoms with Gasteiger partial charge in [-0.2, -0.15) is 0 Å². The number of rotatable bonds is 5. The largest absolute Gasteiger partial charge is 0.396 e. The molecule has 0 aliphatic carbocycles. The lowest BCUT2D eigenvalue weighted by atomic mass is 10.0. The van der Waals surface area contributed by atoms with Crippen molar-refractivity contribution in [3.63, 3.8) is 0 Å². The van der Waals surface area contributed by atoms with Crippen molar-refractivity contribution in [3.05, 3.63) is 18.3 Å². The first kappa shape index (κ1) is 13.1. The highest BCUT2D eigenvalue weighted by Crippen LogP contribution is 2.17. The minimum absolute atomic E-state index is 0.726. The normalized spacial score (nSPS) is 20.8. The molecule has 4 heteroatoms. The van der Waals surface area contributed by atoms with Gasteiger partial charge >= 0.3 is 0 Å². The molecule has 4 nitrogen and oxygen atoms in total. The molecule has 1 fully saturated rings. The summed E-state index contributed by atoms with van der Waals surface area (Å²) in [7, 11) is 0. The monoisotopic (exact) mass is 248 g/mol. The van der Waals surface area contributed by atoms with E-state index >= 15 is 0 Å². The summed E-state index contributed by atoms with van der Waals surface area (Å²) in [6, 6.07) is 4.48. The predicted octanol–water partition coefficient (Wildman–Crippen LogP) is 2.34. The second kappa shape index (κ2) is 6.59. The Labute approximate surface area is 110 Å². The quantitative estimate of drug-likeness (QED) is 0.785. The zero-order valence-electron chi connectivity index (χ0n) is 11.2. The van der Waals surface area contributed by atoms with Gasteiger partial charge < -0.3 is 16.0 Å². The van der Waals surface area contributed by atoms with Crippen molar-refractivity contribution in [3.8, 4) is 0 Å². The second-order valence-corrected chi connectivity index (χ2v) is 5.10. The molecule has 1 aromatic heterocycles. The molecule has 0 bridgehead atoms. The third-order valence-electron chi connectivity index (χ3n) is 3.69. The van der Waals surface area contributed by atoms with Crippen molar-refractivity contribution in [2.45, 2.75) is 38.6 Å². The van der Waals surface area contributed by atoms with Gasteiger partial charge in [-0.3, -0.25) is 0 Å². The van der Waals surface area contributed by atoms with Crippen molar-refractivity contribution < 1.29 is 0 Å². The van der Waals surface area contributed by atoms with Gasteiger partial charge in [0, 0.05) is 25.3 Å². The number of nitrogens with zero attached hydrogens (tertiary/aromatic N) is 2. The van der Waals surface area contributed by atoms with Crippen molar-refractivity contribution in [2.75, 3.05) is 30.7 Å². The van der Waals surface area contributed by atoms with Gasteiger partial charge in [0.15, 0.2) is 0 Å². The number of nitrogens with one attached hydrogen (secondary N) is 1. The molecule has 3 N–H and O–H groups in total. The highest BCUT2D eigenvalue weighted by molar-refractivity contribution is 5.60. The minimum Gasteiger partial charge on any atom is -0.396 e. The van der Waals surface area contributed by atoms with Gasteiger partial charge in [0.25, 0.3) is 0 Å². The van der Waals surface area contributed by atoms with Gasteiger partial charge in [-0.1, -0.05) is 6.42 Å². The van der Waals surface area contributed by atoms with Gasteiger partial charge in [0.1, 0.15) is 5.82 Å². The Morgan fingerprint density at radius 1 is 1.50 bits per heavy atom. The van der Waals surface area contributed by atoms with Crippen molar-refractivity contribution in [1.29, 1.82) is 0 Å². The topological polar surface area (TPSA) is 54.2 Å². The van der Waals surface area contributed by atoms with Gasteiger partial charge in [-0.25, -0.2) is 4.98 Å². The zero-order chi connectivity index (χ0) is 12.8. The molecule has 0 radical (unpaired) electrons. The number of nitrogens with two attached hydrogens (primary N) is 1. The summed E-state index contributed by atoms with van der Waals surface area (Å²) >= 11 is 0. The summed E-state index contributed by atoms with van der Waals surface area (Å²) in [6.07, 6.45) is 7.00. The first-order valence-corrected chi connectivity index (χ1v) is 6.96. The lowest BCUT2D eigenvalue weighted by Crippen LogP contribution is -2.38. The minimum atomic E-state index is 0.726. The summed E-state index contributed by atoms with van der Waals surface area (Å²) in [6.45, 7) is 5.70. The summed E-state index contributed by atoms with van der Waals surface area (Å²) in [5.41, 5.74) is 6.56. The number of likely N-dealkylation sites (tertiary alicyclic amines) is 1. The number of piperidine rings is 1. The molecule has 2 rings (SSSR count).